The summed E-state index contributed by atoms with van der Waals surface area (Å²) in [6.07, 6.45) is 3.99. The second-order valence-corrected chi connectivity index (χ2v) is 3.50. The zero-order valence-electron chi connectivity index (χ0n) is 9.18. The van der Waals surface area contributed by atoms with Gasteiger partial charge >= 0.3 is 0 Å². The van der Waals surface area contributed by atoms with E-state index in [0.29, 0.717) is 24.8 Å². The van der Waals surface area contributed by atoms with Gasteiger partial charge in [-0.3, -0.25) is 0 Å². The average molecular weight is 241 g/mol. The molecule has 0 aliphatic carbocycles. The van der Waals surface area contributed by atoms with Gasteiger partial charge in [0.1, 0.15) is 17.3 Å². The fraction of sp³-hybridized carbons (Fsp3) is 0.500. The van der Waals surface area contributed by atoms with Crippen LogP contribution in [-0.4, -0.2) is 34.8 Å². The molecule has 16 heavy (non-hydrogen) atoms. The first-order valence-corrected chi connectivity index (χ1v) is 5.47. The van der Waals surface area contributed by atoms with Gasteiger partial charge in [0.2, 0.25) is 5.88 Å². The number of thiocarbonyl (C=S) groups is 1. The highest BCUT2D eigenvalue weighted by Gasteiger charge is 2.00. The summed E-state index contributed by atoms with van der Waals surface area (Å²) in [6.45, 7) is 3.81. The molecule has 6 heteroatoms. The number of ether oxygens (including phenoxy) is 2. The maximum absolute atomic E-state index is 5.39. The van der Waals surface area contributed by atoms with E-state index in [2.05, 4.69) is 16.9 Å². The van der Waals surface area contributed by atoms with Gasteiger partial charge in [-0.15, -0.1) is 0 Å². The molecule has 88 valence electrons. The Labute approximate surface area is 100.0 Å². The number of rotatable bonds is 7. The molecule has 1 aromatic rings. The Kier molecular flexibility index (Phi) is 5.66. The molecule has 0 atom stereocenters. The zero-order valence-corrected chi connectivity index (χ0v) is 10.00. The van der Waals surface area contributed by atoms with E-state index in [4.69, 9.17) is 27.4 Å². The Balaban J connectivity index is 2.29. The Morgan fingerprint density at radius 2 is 2.12 bits per heavy atom. The molecular weight excluding hydrogens is 226 g/mol. The van der Waals surface area contributed by atoms with Crippen LogP contribution >= 0.6 is 12.2 Å². The number of nitrogens with two attached hydrogens (primary N) is 1. The molecule has 1 rings (SSSR count). The molecule has 0 aliphatic rings. The highest BCUT2D eigenvalue weighted by atomic mass is 32.1. The second kappa shape index (κ2) is 7.08. The minimum atomic E-state index is 0.227. The minimum absolute atomic E-state index is 0.227. The molecule has 2 N–H and O–H groups in total. The van der Waals surface area contributed by atoms with E-state index in [1.54, 1.807) is 0 Å². The smallest absolute Gasteiger partial charge is 0.232 e. The van der Waals surface area contributed by atoms with Crippen molar-refractivity contribution in [1.82, 2.24) is 9.97 Å². The molecular formula is C10H15N3O2S. The molecule has 0 unspecified atom stereocenters. The lowest BCUT2D eigenvalue weighted by atomic mass is 10.4. The summed E-state index contributed by atoms with van der Waals surface area (Å²) in [7, 11) is 0. The van der Waals surface area contributed by atoms with E-state index in [9.17, 15) is 0 Å². The topological polar surface area (TPSA) is 70.3 Å². The number of nitrogens with zero attached hydrogens (tertiary/aromatic N) is 2. The lowest BCUT2D eigenvalue weighted by Crippen LogP contribution is -2.13. The first-order chi connectivity index (χ1) is 7.74. The van der Waals surface area contributed by atoms with Crippen LogP contribution in [0.3, 0.4) is 0 Å². The van der Waals surface area contributed by atoms with Gasteiger partial charge in [-0.1, -0.05) is 19.1 Å². The molecule has 1 heterocycles. The fourth-order valence-electron chi connectivity index (χ4n) is 0.970. The quantitative estimate of drug-likeness (QED) is 0.565. The van der Waals surface area contributed by atoms with Gasteiger partial charge in [-0.05, 0) is 6.42 Å². The molecule has 0 aliphatic heterocycles. The lowest BCUT2D eigenvalue weighted by molar-refractivity contribution is 0.0988. The fourth-order valence-corrected chi connectivity index (χ4v) is 1.07. The van der Waals surface area contributed by atoms with Crippen molar-refractivity contribution in [3.05, 3.63) is 18.1 Å². The van der Waals surface area contributed by atoms with Crippen molar-refractivity contribution in [2.24, 2.45) is 5.73 Å². The van der Waals surface area contributed by atoms with E-state index in [0.717, 1.165) is 13.0 Å². The molecule has 1 aromatic heterocycles. The predicted octanol–water partition coefficient (Wildman–Crippen LogP) is 0.916. The predicted molar refractivity (Wildman–Crippen MR) is 64.5 cm³/mol. The van der Waals surface area contributed by atoms with Gasteiger partial charge in [0.15, 0.2) is 0 Å². The summed E-state index contributed by atoms with van der Waals surface area (Å²) in [5.41, 5.74) is 5.88. The average Bonchev–Trinajstić information content (AvgIpc) is 2.29. The van der Waals surface area contributed by atoms with Gasteiger partial charge in [-0.2, -0.15) is 0 Å². The van der Waals surface area contributed by atoms with Crippen LogP contribution in [0.4, 0.5) is 0 Å². The van der Waals surface area contributed by atoms with E-state index in [-0.39, 0.29) is 4.99 Å². The van der Waals surface area contributed by atoms with Crippen LogP contribution in [-0.2, 0) is 4.74 Å². The van der Waals surface area contributed by atoms with Crippen LogP contribution in [0.25, 0.3) is 0 Å². The Bertz CT molecular complexity index is 329. The minimum Gasteiger partial charge on any atom is -0.474 e. The zero-order chi connectivity index (χ0) is 11.8. The number of hydrogen-bond donors (Lipinski definition) is 1. The number of aromatic nitrogens is 2. The van der Waals surface area contributed by atoms with Crippen LogP contribution in [0.2, 0.25) is 0 Å². The van der Waals surface area contributed by atoms with E-state index < -0.39 is 0 Å². The van der Waals surface area contributed by atoms with Gasteiger partial charge in [0.05, 0.1) is 19.0 Å². The molecule has 0 spiro atoms. The first kappa shape index (κ1) is 12.8. The molecule has 0 radical (unpaired) electrons. The summed E-state index contributed by atoms with van der Waals surface area (Å²) in [5.74, 6) is 0.445. The second-order valence-electron chi connectivity index (χ2n) is 3.06. The normalized spacial score (nSPS) is 10.1. The van der Waals surface area contributed by atoms with Crippen molar-refractivity contribution in [2.45, 2.75) is 13.3 Å². The summed E-state index contributed by atoms with van der Waals surface area (Å²) in [6, 6.07) is 0. The Morgan fingerprint density at radius 3 is 2.69 bits per heavy atom. The Morgan fingerprint density at radius 1 is 1.31 bits per heavy atom. The van der Waals surface area contributed by atoms with Crippen LogP contribution < -0.4 is 10.5 Å². The van der Waals surface area contributed by atoms with Crippen LogP contribution in [0.15, 0.2) is 12.4 Å². The molecule has 5 nitrogen and oxygen atoms in total. The number of hydrogen-bond acceptors (Lipinski definition) is 5. The van der Waals surface area contributed by atoms with Crippen molar-refractivity contribution in [2.75, 3.05) is 19.8 Å². The highest BCUT2D eigenvalue weighted by Crippen LogP contribution is 2.03. The third kappa shape index (κ3) is 4.50. The summed E-state index contributed by atoms with van der Waals surface area (Å²) < 4.78 is 10.6. The maximum Gasteiger partial charge on any atom is 0.232 e. The molecule has 0 saturated carbocycles. The summed E-state index contributed by atoms with van der Waals surface area (Å²) in [4.78, 5) is 8.24. The largest absolute Gasteiger partial charge is 0.474 e. The SMILES string of the molecule is CCCOCCOc1cnc(C(N)=S)cn1. The van der Waals surface area contributed by atoms with E-state index in [1.165, 1.54) is 12.4 Å². The lowest BCUT2D eigenvalue weighted by Gasteiger charge is -2.05. The highest BCUT2D eigenvalue weighted by molar-refractivity contribution is 7.80. The Hall–Kier alpha value is -1.27. The van der Waals surface area contributed by atoms with Gasteiger partial charge < -0.3 is 15.2 Å². The van der Waals surface area contributed by atoms with Crippen molar-refractivity contribution >= 4 is 17.2 Å². The van der Waals surface area contributed by atoms with Gasteiger partial charge in [-0.25, -0.2) is 9.97 Å². The molecule has 0 saturated heterocycles. The van der Waals surface area contributed by atoms with Gasteiger partial charge in [0.25, 0.3) is 0 Å². The van der Waals surface area contributed by atoms with Crippen molar-refractivity contribution in [1.29, 1.82) is 0 Å². The summed E-state index contributed by atoms with van der Waals surface area (Å²) >= 11 is 4.76. The van der Waals surface area contributed by atoms with Crippen LogP contribution in [0.1, 0.15) is 19.0 Å². The molecule has 0 amide bonds. The molecule has 0 aromatic carbocycles. The third-order valence-corrected chi connectivity index (χ3v) is 1.92. The van der Waals surface area contributed by atoms with E-state index in [1.807, 2.05) is 0 Å². The van der Waals surface area contributed by atoms with Crippen molar-refractivity contribution in [3.8, 4) is 5.88 Å². The van der Waals surface area contributed by atoms with E-state index >= 15 is 0 Å². The summed E-state index contributed by atoms with van der Waals surface area (Å²) in [5, 5.41) is 0. The van der Waals surface area contributed by atoms with Crippen LogP contribution in [0, 0.1) is 0 Å². The molecule has 0 fully saturated rings. The van der Waals surface area contributed by atoms with Crippen molar-refractivity contribution < 1.29 is 9.47 Å². The maximum atomic E-state index is 5.39. The van der Waals surface area contributed by atoms with Crippen molar-refractivity contribution in [3.63, 3.8) is 0 Å². The standard InChI is InChI=1S/C10H15N3O2S/c1-2-3-14-4-5-15-9-7-12-8(6-13-9)10(11)16/h6-7H,2-5H2,1H3,(H2,11,16). The third-order valence-electron chi connectivity index (χ3n) is 1.71. The van der Waals surface area contributed by atoms with Crippen LogP contribution in [0.5, 0.6) is 5.88 Å². The first-order valence-electron chi connectivity index (χ1n) is 5.06. The monoisotopic (exact) mass is 241 g/mol. The molecule has 0 bridgehead atoms. The van der Waals surface area contributed by atoms with Gasteiger partial charge in [0, 0.05) is 6.61 Å².